The minimum Gasteiger partial charge on any atom is -0.507 e. The van der Waals surface area contributed by atoms with Gasteiger partial charge >= 0.3 is 0 Å². The lowest BCUT2D eigenvalue weighted by atomic mass is 9.73. The van der Waals surface area contributed by atoms with E-state index >= 15 is 0 Å². The van der Waals surface area contributed by atoms with Crippen molar-refractivity contribution in [1.29, 1.82) is 0 Å². The van der Waals surface area contributed by atoms with Crippen LogP contribution in [0.25, 0.3) is 0 Å². The largest absolute Gasteiger partial charge is 0.507 e. The van der Waals surface area contributed by atoms with Gasteiger partial charge in [0.1, 0.15) is 11.7 Å². The number of carbonyl (C=O) groups is 3. The summed E-state index contributed by atoms with van der Waals surface area (Å²) in [6.07, 6.45) is 0. The molecule has 29 heavy (non-hydrogen) atoms. The highest BCUT2D eigenvalue weighted by Gasteiger charge is 2.42. The summed E-state index contributed by atoms with van der Waals surface area (Å²) in [6, 6.07) is 8.41. The smallest absolute Gasteiger partial charge is 0.230 e. The monoisotopic (exact) mass is 392 g/mol. The summed E-state index contributed by atoms with van der Waals surface area (Å²) < 4.78 is 0. The summed E-state index contributed by atoms with van der Waals surface area (Å²) in [7, 11) is 0. The fourth-order valence-electron chi connectivity index (χ4n) is 3.87. The molecule has 2 aromatic rings. The zero-order valence-corrected chi connectivity index (χ0v) is 18.1. The molecule has 3 rings (SSSR count). The lowest BCUT2D eigenvalue weighted by Crippen LogP contribution is -2.35. The average molecular weight is 392 g/mol. The van der Waals surface area contributed by atoms with Crippen LogP contribution in [0.4, 0.5) is 0 Å². The first-order valence-electron chi connectivity index (χ1n) is 9.84. The third-order valence-corrected chi connectivity index (χ3v) is 5.51. The van der Waals surface area contributed by atoms with Crippen LogP contribution >= 0.6 is 0 Å². The normalized spacial score (nSPS) is 17.5. The van der Waals surface area contributed by atoms with E-state index in [1.807, 2.05) is 48.5 Å². The topological polar surface area (TPSA) is 71.4 Å². The molecule has 1 N–H and O–H groups in total. The molecule has 0 amide bonds. The van der Waals surface area contributed by atoms with Gasteiger partial charge in [0.05, 0.1) is 0 Å². The maximum atomic E-state index is 13.3. The van der Waals surface area contributed by atoms with Crippen molar-refractivity contribution in [2.45, 2.75) is 65.2 Å². The molecule has 1 aliphatic carbocycles. The van der Waals surface area contributed by atoms with E-state index in [0.29, 0.717) is 16.7 Å². The van der Waals surface area contributed by atoms with Gasteiger partial charge in [-0.1, -0.05) is 71.4 Å². The Morgan fingerprint density at radius 1 is 0.759 bits per heavy atom. The lowest BCUT2D eigenvalue weighted by Gasteiger charge is -2.30. The first kappa shape index (κ1) is 21.0. The molecule has 0 bridgehead atoms. The van der Waals surface area contributed by atoms with E-state index in [1.165, 1.54) is 0 Å². The highest BCUT2D eigenvalue weighted by molar-refractivity contribution is 6.53. The Bertz CT molecular complexity index is 1010. The van der Waals surface area contributed by atoms with Gasteiger partial charge in [-0.3, -0.25) is 14.4 Å². The SMILES string of the molecule is Cc1ccc2c(c1)C(=O)C(=O)C(c1cc(C(C)(C)C)c(O)c(C(C)(C)C)c1)C2=O. The summed E-state index contributed by atoms with van der Waals surface area (Å²) in [5.41, 5.74) is 2.26. The Hall–Kier alpha value is -2.75. The number of ketones is 3. The van der Waals surface area contributed by atoms with Crippen LogP contribution in [0, 0.1) is 6.92 Å². The fraction of sp³-hybridized carbons (Fsp3) is 0.400. The molecule has 1 unspecified atom stereocenters. The van der Waals surface area contributed by atoms with Crippen molar-refractivity contribution in [3.05, 3.63) is 63.7 Å². The number of phenols is 1. The van der Waals surface area contributed by atoms with Crippen LogP contribution in [-0.2, 0) is 15.6 Å². The minimum absolute atomic E-state index is 0.173. The van der Waals surface area contributed by atoms with Crippen molar-refractivity contribution in [2.75, 3.05) is 0 Å². The van der Waals surface area contributed by atoms with Gasteiger partial charge in [0, 0.05) is 11.1 Å². The van der Waals surface area contributed by atoms with Crippen LogP contribution in [0.3, 0.4) is 0 Å². The Labute approximate surface area is 172 Å². The van der Waals surface area contributed by atoms with Crippen molar-refractivity contribution in [3.63, 3.8) is 0 Å². The Kier molecular flexibility index (Phi) is 4.81. The minimum atomic E-state index is -1.18. The molecule has 4 nitrogen and oxygen atoms in total. The van der Waals surface area contributed by atoms with E-state index in [4.69, 9.17) is 0 Å². The molecule has 4 heteroatoms. The predicted octanol–water partition coefficient (Wildman–Crippen LogP) is 5.03. The van der Waals surface area contributed by atoms with Gasteiger partial charge in [-0.25, -0.2) is 0 Å². The highest BCUT2D eigenvalue weighted by Crippen LogP contribution is 2.42. The van der Waals surface area contributed by atoms with Gasteiger partial charge in [0.2, 0.25) is 11.6 Å². The Morgan fingerprint density at radius 2 is 1.28 bits per heavy atom. The van der Waals surface area contributed by atoms with E-state index < -0.39 is 28.3 Å². The molecule has 0 spiro atoms. The number of hydrogen-bond acceptors (Lipinski definition) is 4. The summed E-state index contributed by atoms with van der Waals surface area (Å²) >= 11 is 0. The second-order valence-corrected chi connectivity index (χ2v) is 10.0. The number of rotatable bonds is 1. The summed E-state index contributed by atoms with van der Waals surface area (Å²) in [5.74, 6) is -2.71. The van der Waals surface area contributed by atoms with Crippen LogP contribution in [0.5, 0.6) is 5.75 Å². The lowest BCUT2D eigenvalue weighted by molar-refractivity contribution is -0.115. The number of aromatic hydroxyl groups is 1. The number of benzene rings is 2. The fourth-order valence-corrected chi connectivity index (χ4v) is 3.87. The van der Waals surface area contributed by atoms with E-state index in [1.54, 1.807) is 30.3 Å². The van der Waals surface area contributed by atoms with Gasteiger partial charge in [0.25, 0.3) is 0 Å². The second-order valence-electron chi connectivity index (χ2n) is 10.0. The number of Topliss-reactive ketones (excluding diaryl/α,β-unsaturated/α-hetero) is 3. The molecular formula is C25H28O4. The Morgan fingerprint density at radius 3 is 1.76 bits per heavy atom. The Balaban J connectivity index is 2.28. The highest BCUT2D eigenvalue weighted by atomic mass is 16.3. The molecule has 0 saturated carbocycles. The summed E-state index contributed by atoms with van der Waals surface area (Å²) in [6.45, 7) is 13.6. The zero-order chi connectivity index (χ0) is 21.9. The number of hydrogen-bond donors (Lipinski definition) is 1. The van der Waals surface area contributed by atoms with Crippen LogP contribution in [0.1, 0.15) is 90.4 Å². The van der Waals surface area contributed by atoms with Crippen LogP contribution in [0.15, 0.2) is 30.3 Å². The second kappa shape index (κ2) is 6.65. The zero-order valence-electron chi connectivity index (χ0n) is 18.1. The molecule has 0 saturated heterocycles. The molecule has 0 aliphatic heterocycles. The first-order chi connectivity index (χ1) is 13.2. The summed E-state index contributed by atoms with van der Waals surface area (Å²) in [5, 5.41) is 10.9. The maximum absolute atomic E-state index is 13.3. The number of fused-ring (bicyclic) bond motifs is 1. The van der Waals surface area contributed by atoms with E-state index in [-0.39, 0.29) is 22.7 Å². The molecule has 1 aliphatic rings. The van der Waals surface area contributed by atoms with Gasteiger partial charge < -0.3 is 5.11 Å². The van der Waals surface area contributed by atoms with Crippen LogP contribution in [-0.4, -0.2) is 22.5 Å². The van der Waals surface area contributed by atoms with Crippen molar-refractivity contribution in [1.82, 2.24) is 0 Å². The molecule has 0 aromatic heterocycles. The van der Waals surface area contributed by atoms with Crippen LogP contribution < -0.4 is 0 Å². The maximum Gasteiger partial charge on any atom is 0.230 e. The molecule has 0 radical (unpaired) electrons. The molecule has 2 aromatic carbocycles. The molecule has 0 heterocycles. The molecule has 1 atom stereocenters. The van der Waals surface area contributed by atoms with Crippen molar-refractivity contribution < 1.29 is 19.5 Å². The third kappa shape index (κ3) is 3.52. The van der Waals surface area contributed by atoms with Crippen LogP contribution in [0.2, 0.25) is 0 Å². The van der Waals surface area contributed by atoms with Gasteiger partial charge in [-0.05, 0) is 40.5 Å². The van der Waals surface area contributed by atoms with Gasteiger partial charge in [0.15, 0.2) is 5.78 Å². The average Bonchev–Trinajstić information content (AvgIpc) is 2.59. The summed E-state index contributed by atoms with van der Waals surface area (Å²) in [4.78, 5) is 39.0. The van der Waals surface area contributed by atoms with E-state index in [9.17, 15) is 19.5 Å². The number of carbonyl (C=O) groups excluding carboxylic acids is 3. The standard InChI is InChI=1S/C25H28O4/c1-13-8-9-15-16(10-13)21(27)23(29)19(20(15)26)14-11-17(24(2,3)4)22(28)18(12-14)25(5,6)7/h8-12,19,28H,1-7H3. The third-order valence-electron chi connectivity index (χ3n) is 5.51. The number of aryl methyl sites for hydroxylation is 1. The van der Waals surface area contributed by atoms with E-state index in [2.05, 4.69) is 0 Å². The molecular weight excluding hydrogens is 364 g/mol. The van der Waals surface area contributed by atoms with Gasteiger partial charge in [-0.15, -0.1) is 0 Å². The molecule has 152 valence electrons. The van der Waals surface area contributed by atoms with E-state index in [0.717, 1.165) is 5.56 Å². The first-order valence-corrected chi connectivity index (χ1v) is 9.84. The number of phenolic OH excluding ortho intramolecular Hbond substituents is 1. The van der Waals surface area contributed by atoms with Crippen molar-refractivity contribution in [2.24, 2.45) is 0 Å². The van der Waals surface area contributed by atoms with Gasteiger partial charge in [-0.2, -0.15) is 0 Å². The van der Waals surface area contributed by atoms with Crippen molar-refractivity contribution >= 4 is 17.3 Å². The molecule has 0 fully saturated rings. The predicted molar refractivity (Wildman–Crippen MR) is 113 cm³/mol. The quantitative estimate of drug-likeness (QED) is 0.546. The van der Waals surface area contributed by atoms with Crippen molar-refractivity contribution in [3.8, 4) is 5.75 Å².